The Morgan fingerprint density at radius 1 is 1.45 bits per heavy atom. The van der Waals surface area contributed by atoms with Gasteiger partial charge in [-0.2, -0.15) is 0 Å². The van der Waals surface area contributed by atoms with E-state index in [0.29, 0.717) is 24.8 Å². The molecular formula is C16H25NO3S2. The fourth-order valence-electron chi connectivity index (χ4n) is 3.60. The summed E-state index contributed by atoms with van der Waals surface area (Å²) in [6.45, 7) is 3.97. The second-order valence-electron chi connectivity index (χ2n) is 6.70. The van der Waals surface area contributed by atoms with Gasteiger partial charge in [-0.1, -0.05) is 13.0 Å². The Morgan fingerprint density at radius 3 is 2.91 bits per heavy atom. The molecule has 2 saturated heterocycles. The molecule has 0 saturated carbocycles. The quantitative estimate of drug-likeness (QED) is 0.891. The Bertz CT molecular complexity index is 569. The molecule has 1 aromatic rings. The molecule has 1 spiro atoms. The molecule has 4 nitrogen and oxygen atoms in total. The number of rotatable bonds is 5. The van der Waals surface area contributed by atoms with Crippen LogP contribution in [0, 0.1) is 5.92 Å². The molecule has 1 N–H and O–H groups in total. The Balaban J connectivity index is 1.53. The van der Waals surface area contributed by atoms with E-state index in [-0.39, 0.29) is 17.1 Å². The fourth-order valence-corrected chi connectivity index (χ4v) is 5.98. The zero-order valence-electron chi connectivity index (χ0n) is 13.1. The first-order valence-electron chi connectivity index (χ1n) is 8.09. The van der Waals surface area contributed by atoms with Crippen LogP contribution in [-0.4, -0.2) is 44.7 Å². The Morgan fingerprint density at radius 2 is 2.23 bits per heavy atom. The second-order valence-corrected chi connectivity index (χ2v) is 10.0. The zero-order valence-corrected chi connectivity index (χ0v) is 14.7. The van der Waals surface area contributed by atoms with Gasteiger partial charge in [0.1, 0.15) is 0 Å². The van der Waals surface area contributed by atoms with E-state index in [1.807, 2.05) is 11.3 Å². The summed E-state index contributed by atoms with van der Waals surface area (Å²) >= 11 is 1.81. The predicted molar refractivity (Wildman–Crippen MR) is 90.2 cm³/mol. The minimum absolute atomic E-state index is 0.242. The molecule has 0 aromatic carbocycles. The number of sulfone groups is 1. The van der Waals surface area contributed by atoms with Crippen LogP contribution in [0.25, 0.3) is 0 Å². The summed E-state index contributed by atoms with van der Waals surface area (Å²) in [5.74, 6) is 1.12. The molecule has 2 unspecified atom stereocenters. The summed E-state index contributed by atoms with van der Waals surface area (Å²) < 4.78 is 29.3. The lowest BCUT2D eigenvalue weighted by atomic mass is 9.88. The number of hydrogen-bond donors (Lipinski definition) is 1. The highest BCUT2D eigenvalue weighted by molar-refractivity contribution is 7.91. The SMILES string of the molecule is CC(CNC1CCOC12CCS(=O)(=O)CC2)Cc1cccs1. The van der Waals surface area contributed by atoms with Gasteiger partial charge in [0.2, 0.25) is 0 Å². The van der Waals surface area contributed by atoms with Crippen LogP contribution in [0.2, 0.25) is 0 Å². The minimum atomic E-state index is -2.84. The molecule has 6 heteroatoms. The smallest absolute Gasteiger partial charge is 0.150 e. The summed E-state index contributed by atoms with van der Waals surface area (Å²) in [5, 5.41) is 5.79. The highest BCUT2D eigenvalue weighted by Gasteiger charge is 2.47. The van der Waals surface area contributed by atoms with Crippen LogP contribution in [0.5, 0.6) is 0 Å². The van der Waals surface area contributed by atoms with Crippen molar-refractivity contribution in [3.05, 3.63) is 22.4 Å². The highest BCUT2D eigenvalue weighted by Crippen LogP contribution is 2.37. The summed E-state index contributed by atoms with van der Waals surface area (Å²) in [7, 11) is -2.84. The van der Waals surface area contributed by atoms with Gasteiger partial charge in [0.05, 0.1) is 17.1 Å². The lowest BCUT2D eigenvalue weighted by Crippen LogP contribution is -2.53. The first-order chi connectivity index (χ1) is 10.5. The van der Waals surface area contributed by atoms with Crippen molar-refractivity contribution in [1.82, 2.24) is 5.32 Å². The van der Waals surface area contributed by atoms with Crippen LogP contribution in [-0.2, 0) is 21.0 Å². The lowest BCUT2D eigenvalue weighted by molar-refractivity contribution is -0.0187. The summed E-state index contributed by atoms with van der Waals surface area (Å²) in [6, 6.07) is 4.59. The minimum Gasteiger partial charge on any atom is -0.373 e. The van der Waals surface area contributed by atoms with Gasteiger partial charge in [-0.3, -0.25) is 0 Å². The van der Waals surface area contributed by atoms with Crippen LogP contribution >= 0.6 is 11.3 Å². The standard InChI is InChI=1S/C16H25NO3S2/c1-13(11-14-3-2-8-21-14)12-17-15-4-7-20-16(15)5-9-22(18,19)10-6-16/h2-3,8,13,15,17H,4-7,9-12H2,1H3. The van der Waals surface area contributed by atoms with Gasteiger partial charge in [0.15, 0.2) is 9.84 Å². The monoisotopic (exact) mass is 343 g/mol. The van der Waals surface area contributed by atoms with Crippen molar-refractivity contribution >= 4 is 21.2 Å². The van der Waals surface area contributed by atoms with Crippen molar-refractivity contribution in [1.29, 1.82) is 0 Å². The Kier molecular flexibility index (Phi) is 4.92. The van der Waals surface area contributed by atoms with Crippen LogP contribution in [0.15, 0.2) is 17.5 Å². The average molecular weight is 344 g/mol. The van der Waals surface area contributed by atoms with Gasteiger partial charge in [-0.05, 0) is 49.6 Å². The fraction of sp³-hybridized carbons (Fsp3) is 0.750. The zero-order chi connectivity index (χ0) is 15.6. The van der Waals surface area contributed by atoms with Crippen LogP contribution < -0.4 is 5.32 Å². The molecule has 0 bridgehead atoms. The highest BCUT2D eigenvalue weighted by atomic mass is 32.2. The van der Waals surface area contributed by atoms with E-state index in [2.05, 4.69) is 29.8 Å². The number of hydrogen-bond acceptors (Lipinski definition) is 5. The first-order valence-corrected chi connectivity index (χ1v) is 10.8. The predicted octanol–water partition coefficient (Wildman–Crippen LogP) is 2.25. The summed E-state index contributed by atoms with van der Waals surface area (Å²) in [5.41, 5.74) is -0.242. The second kappa shape index (κ2) is 6.59. The van der Waals surface area contributed by atoms with Gasteiger partial charge < -0.3 is 10.1 Å². The molecular weight excluding hydrogens is 318 g/mol. The van der Waals surface area contributed by atoms with E-state index >= 15 is 0 Å². The molecule has 2 atom stereocenters. The van der Waals surface area contributed by atoms with Crippen LogP contribution in [0.1, 0.15) is 31.1 Å². The molecule has 3 rings (SSSR count). The van der Waals surface area contributed by atoms with Gasteiger partial charge in [-0.15, -0.1) is 11.3 Å². The maximum absolute atomic E-state index is 11.7. The van der Waals surface area contributed by atoms with E-state index in [4.69, 9.17) is 4.74 Å². The van der Waals surface area contributed by atoms with Gasteiger partial charge in [0.25, 0.3) is 0 Å². The molecule has 22 heavy (non-hydrogen) atoms. The molecule has 0 radical (unpaired) electrons. The molecule has 2 aliphatic rings. The average Bonchev–Trinajstić information content (AvgIpc) is 3.10. The van der Waals surface area contributed by atoms with Crippen molar-refractivity contribution in [3.8, 4) is 0 Å². The van der Waals surface area contributed by atoms with Gasteiger partial charge >= 0.3 is 0 Å². The maximum atomic E-state index is 11.7. The normalized spacial score (nSPS) is 28.0. The van der Waals surface area contributed by atoms with E-state index in [1.165, 1.54) is 4.88 Å². The molecule has 3 heterocycles. The maximum Gasteiger partial charge on any atom is 0.150 e. The van der Waals surface area contributed by atoms with Crippen molar-refractivity contribution in [2.75, 3.05) is 24.7 Å². The van der Waals surface area contributed by atoms with E-state index in [1.54, 1.807) is 0 Å². The van der Waals surface area contributed by atoms with E-state index in [0.717, 1.165) is 26.0 Å². The molecule has 2 fully saturated rings. The Labute approximate surface area is 137 Å². The first kappa shape index (κ1) is 16.4. The lowest BCUT2D eigenvalue weighted by Gasteiger charge is -2.38. The third-order valence-corrected chi connectivity index (χ3v) is 7.50. The van der Waals surface area contributed by atoms with Gasteiger partial charge in [-0.25, -0.2) is 8.42 Å². The van der Waals surface area contributed by atoms with E-state index < -0.39 is 9.84 Å². The van der Waals surface area contributed by atoms with Crippen molar-refractivity contribution in [3.63, 3.8) is 0 Å². The van der Waals surface area contributed by atoms with Crippen molar-refractivity contribution < 1.29 is 13.2 Å². The topological polar surface area (TPSA) is 55.4 Å². The summed E-state index contributed by atoms with van der Waals surface area (Å²) in [4.78, 5) is 1.43. The molecule has 0 amide bonds. The van der Waals surface area contributed by atoms with Crippen LogP contribution in [0.3, 0.4) is 0 Å². The number of thiophene rings is 1. The largest absolute Gasteiger partial charge is 0.373 e. The third-order valence-electron chi connectivity index (χ3n) is 4.95. The number of ether oxygens (including phenoxy) is 1. The molecule has 124 valence electrons. The number of nitrogens with one attached hydrogen (secondary N) is 1. The molecule has 0 aliphatic carbocycles. The third kappa shape index (κ3) is 3.72. The summed E-state index contributed by atoms with van der Waals surface area (Å²) in [6.07, 6.45) is 3.38. The Hall–Kier alpha value is -0.430. The van der Waals surface area contributed by atoms with E-state index in [9.17, 15) is 8.42 Å². The van der Waals surface area contributed by atoms with Crippen molar-refractivity contribution in [2.24, 2.45) is 5.92 Å². The van der Waals surface area contributed by atoms with Crippen molar-refractivity contribution in [2.45, 2.75) is 44.2 Å². The molecule has 1 aromatic heterocycles. The molecule has 2 aliphatic heterocycles. The van der Waals surface area contributed by atoms with Crippen LogP contribution in [0.4, 0.5) is 0 Å². The van der Waals surface area contributed by atoms with Gasteiger partial charge in [0, 0.05) is 17.5 Å².